The molecule has 38 valence electrons. The van der Waals surface area contributed by atoms with E-state index >= 15 is 0 Å². The van der Waals surface area contributed by atoms with Crippen molar-refractivity contribution < 1.29 is 4.52 Å². The van der Waals surface area contributed by atoms with Crippen molar-refractivity contribution in [2.45, 2.75) is 19.5 Å². The van der Waals surface area contributed by atoms with Crippen molar-refractivity contribution in [1.29, 1.82) is 0 Å². The third-order valence-electron chi connectivity index (χ3n) is 0.354. The van der Waals surface area contributed by atoms with Crippen molar-refractivity contribution in [2.24, 2.45) is 0 Å². The summed E-state index contributed by atoms with van der Waals surface area (Å²) in [5, 5.41) is 0. The van der Waals surface area contributed by atoms with Gasteiger partial charge in [0.2, 0.25) is 0 Å². The predicted octanol–water partition coefficient (Wildman–Crippen LogP) is 1.63. The van der Waals surface area contributed by atoms with Crippen LogP contribution in [-0.2, 0) is 4.52 Å². The van der Waals surface area contributed by atoms with Crippen LogP contribution in [0.25, 0.3) is 0 Å². The third-order valence-corrected chi connectivity index (χ3v) is 1.06. The summed E-state index contributed by atoms with van der Waals surface area (Å²) in [4.78, 5) is 0. The Kier molecular flexibility index (Phi) is 3.81. The minimum atomic E-state index is 0.671. The molecule has 0 aromatic carbocycles. The Hall–Kier alpha value is 0.390. The van der Waals surface area contributed by atoms with Gasteiger partial charge in [-0.3, -0.25) is 0 Å². The highest BCUT2D eigenvalue weighted by atomic mass is 31.1. The summed E-state index contributed by atoms with van der Waals surface area (Å²) >= 11 is 0. The van der Waals surface area contributed by atoms with E-state index < -0.39 is 0 Å². The molecular weight excluding hydrogens is 95.0 g/mol. The third kappa shape index (κ3) is 4.39. The molecule has 1 nitrogen and oxygen atoms in total. The summed E-state index contributed by atoms with van der Waals surface area (Å²) in [7, 11) is 2.41. The molecule has 0 spiro atoms. The maximum atomic E-state index is 4.83. The molecule has 2 heteroatoms. The summed E-state index contributed by atoms with van der Waals surface area (Å²) < 4.78 is 4.83. The van der Waals surface area contributed by atoms with E-state index in [1.807, 2.05) is 0 Å². The van der Waals surface area contributed by atoms with Crippen LogP contribution in [-0.4, -0.2) is 12.8 Å². The molecule has 0 saturated carbocycles. The molecule has 6 heavy (non-hydrogen) atoms. The molecule has 0 aliphatic heterocycles. The second kappa shape index (κ2) is 3.58. The zero-order valence-electron chi connectivity index (χ0n) is 4.49. The smallest absolute Gasteiger partial charge is 0.0394 e. The zero-order valence-corrected chi connectivity index (χ0v) is 5.49. The Morgan fingerprint density at radius 1 is 1.50 bits per heavy atom. The minimum absolute atomic E-state index is 0.671. The lowest BCUT2D eigenvalue weighted by atomic mass is 10.6. The Balaban J connectivity index is 2.63. The van der Waals surface area contributed by atoms with Crippen molar-refractivity contribution in [2.75, 3.05) is 7.11 Å². The Morgan fingerprint density at radius 2 is 2.00 bits per heavy atom. The van der Waals surface area contributed by atoms with Gasteiger partial charge in [0.05, 0.1) is 0 Å². The van der Waals surface area contributed by atoms with Crippen LogP contribution in [0.2, 0.25) is 0 Å². The lowest BCUT2D eigenvalue weighted by Crippen LogP contribution is -1.80. The summed E-state index contributed by atoms with van der Waals surface area (Å²) in [6.07, 6.45) is 0. The van der Waals surface area contributed by atoms with Gasteiger partial charge < -0.3 is 4.52 Å². The van der Waals surface area contributed by atoms with E-state index in [1.54, 1.807) is 7.11 Å². The van der Waals surface area contributed by atoms with Gasteiger partial charge in [-0.15, -0.1) is 0 Å². The highest BCUT2D eigenvalue weighted by Crippen LogP contribution is 2.15. The van der Waals surface area contributed by atoms with Crippen LogP contribution in [0.3, 0.4) is 0 Å². The average Bonchev–Trinajstić information content (AvgIpc) is 1.35. The molecule has 1 atom stereocenters. The highest BCUT2D eigenvalue weighted by Gasteiger charge is 1.85. The van der Waals surface area contributed by atoms with E-state index in [1.165, 1.54) is 0 Å². The molecule has 0 amide bonds. The molecule has 0 aliphatic rings. The van der Waals surface area contributed by atoms with E-state index in [-0.39, 0.29) is 0 Å². The van der Waals surface area contributed by atoms with Crippen molar-refractivity contribution in [3.63, 3.8) is 0 Å². The number of hydrogen-bond acceptors (Lipinski definition) is 1. The zero-order chi connectivity index (χ0) is 4.99. The molecule has 1 unspecified atom stereocenters. The molecule has 0 rings (SSSR count). The summed E-state index contributed by atoms with van der Waals surface area (Å²) in [6, 6.07) is 0. The first-order valence-electron chi connectivity index (χ1n) is 2.06. The van der Waals surface area contributed by atoms with Gasteiger partial charge in [-0.05, 0) is 5.66 Å². The van der Waals surface area contributed by atoms with Crippen LogP contribution in [0.5, 0.6) is 0 Å². The van der Waals surface area contributed by atoms with E-state index in [4.69, 9.17) is 4.52 Å². The van der Waals surface area contributed by atoms with E-state index in [9.17, 15) is 0 Å². The predicted molar refractivity (Wildman–Crippen MR) is 30.5 cm³/mol. The lowest BCUT2D eigenvalue weighted by Gasteiger charge is -1.97. The van der Waals surface area contributed by atoms with Crippen LogP contribution >= 0.6 is 8.81 Å². The maximum absolute atomic E-state index is 4.83. The van der Waals surface area contributed by atoms with E-state index in [0.717, 1.165) is 0 Å². The molecule has 0 fully saturated rings. The van der Waals surface area contributed by atoms with Gasteiger partial charge in [0.25, 0.3) is 0 Å². The molecule has 0 bridgehead atoms. The van der Waals surface area contributed by atoms with Gasteiger partial charge in [0.1, 0.15) is 0 Å². The Labute approximate surface area is 40.9 Å². The molecule has 0 aliphatic carbocycles. The molecule has 0 aromatic heterocycles. The van der Waals surface area contributed by atoms with Gasteiger partial charge in [0.15, 0.2) is 0 Å². The summed E-state index contributed by atoms with van der Waals surface area (Å²) in [5.74, 6) is 0. The SMILES string of the molecule is COPC(C)C. The van der Waals surface area contributed by atoms with Crippen molar-refractivity contribution in [3.8, 4) is 0 Å². The number of rotatable bonds is 2. The lowest BCUT2D eigenvalue weighted by molar-refractivity contribution is 0.471. The monoisotopic (exact) mass is 106 g/mol. The van der Waals surface area contributed by atoms with Crippen LogP contribution in [0, 0.1) is 0 Å². The molecule has 0 radical (unpaired) electrons. The fraction of sp³-hybridized carbons (Fsp3) is 1.00. The molecule has 0 heterocycles. The standard InChI is InChI=1S/C4H11OP/c1-4(2)6-5-3/h4,6H,1-3H3. The van der Waals surface area contributed by atoms with Gasteiger partial charge in [-0.1, -0.05) is 13.8 Å². The fourth-order valence-corrected chi connectivity index (χ4v) is 0.707. The first-order valence-corrected chi connectivity index (χ1v) is 3.04. The molecule has 0 saturated heterocycles. The van der Waals surface area contributed by atoms with Gasteiger partial charge in [-0.2, -0.15) is 0 Å². The Morgan fingerprint density at radius 3 is 2.00 bits per heavy atom. The fourth-order valence-electron chi connectivity index (χ4n) is 0.236. The molecular formula is C4H11OP. The van der Waals surface area contributed by atoms with Gasteiger partial charge in [0, 0.05) is 15.9 Å². The number of hydrogen-bond donors (Lipinski definition) is 0. The summed E-state index contributed by atoms with van der Waals surface area (Å²) in [5.41, 5.74) is 0.704. The topological polar surface area (TPSA) is 9.23 Å². The largest absolute Gasteiger partial charge is 0.365 e. The van der Waals surface area contributed by atoms with Crippen LogP contribution in [0.1, 0.15) is 13.8 Å². The first kappa shape index (κ1) is 6.39. The average molecular weight is 106 g/mol. The quantitative estimate of drug-likeness (QED) is 0.486. The summed E-state index contributed by atoms with van der Waals surface area (Å²) in [6.45, 7) is 4.28. The second-order valence-corrected chi connectivity index (χ2v) is 3.28. The molecule has 0 aromatic rings. The Bertz CT molecular complexity index is 28.7. The van der Waals surface area contributed by atoms with E-state index in [0.29, 0.717) is 14.5 Å². The van der Waals surface area contributed by atoms with E-state index in [2.05, 4.69) is 13.8 Å². The van der Waals surface area contributed by atoms with Crippen LogP contribution < -0.4 is 0 Å². The first-order chi connectivity index (χ1) is 2.77. The molecule has 0 N–H and O–H groups in total. The van der Waals surface area contributed by atoms with Gasteiger partial charge >= 0.3 is 0 Å². The highest BCUT2D eigenvalue weighted by molar-refractivity contribution is 7.33. The van der Waals surface area contributed by atoms with Gasteiger partial charge in [-0.25, -0.2) is 0 Å². The van der Waals surface area contributed by atoms with Crippen molar-refractivity contribution in [3.05, 3.63) is 0 Å². The van der Waals surface area contributed by atoms with Crippen LogP contribution in [0.4, 0.5) is 0 Å². The maximum Gasteiger partial charge on any atom is 0.0394 e. The second-order valence-electron chi connectivity index (χ2n) is 1.48. The van der Waals surface area contributed by atoms with Crippen molar-refractivity contribution >= 4 is 8.81 Å². The van der Waals surface area contributed by atoms with Crippen LogP contribution in [0.15, 0.2) is 0 Å². The van der Waals surface area contributed by atoms with Crippen molar-refractivity contribution in [1.82, 2.24) is 0 Å². The minimum Gasteiger partial charge on any atom is -0.365 e. The normalized spacial score (nSPS) is 12.0.